The predicted molar refractivity (Wildman–Crippen MR) is 81.3 cm³/mol. The Bertz CT molecular complexity index is 900. The summed E-state index contributed by atoms with van der Waals surface area (Å²) in [6.07, 6.45) is 5.01. The zero-order chi connectivity index (χ0) is 16.4. The summed E-state index contributed by atoms with van der Waals surface area (Å²) < 4.78 is 31.2. The van der Waals surface area contributed by atoms with Crippen LogP contribution >= 0.6 is 12.2 Å². The van der Waals surface area contributed by atoms with Crippen LogP contribution in [0.25, 0.3) is 0 Å². The van der Waals surface area contributed by atoms with Crippen molar-refractivity contribution in [3.8, 4) is 0 Å². The Morgan fingerprint density at radius 1 is 1.26 bits per heavy atom. The second-order valence-corrected chi connectivity index (χ2v) is 5.02. The fraction of sp³-hybridized carbons (Fsp3) is 0.0714. The summed E-state index contributed by atoms with van der Waals surface area (Å²) >= 11 is 5.24. The lowest BCUT2D eigenvalue weighted by atomic mass is 10.3. The Balaban J connectivity index is 1.75. The van der Waals surface area contributed by atoms with Gasteiger partial charge in [0.1, 0.15) is 24.5 Å². The Morgan fingerprint density at radius 3 is 2.70 bits per heavy atom. The molecule has 0 fully saturated rings. The molecule has 118 valence electrons. The van der Waals surface area contributed by atoms with Crippen molar-refractivity contribution in [1.82, 2.24) is 19.1 Å². The van der Waals surface area contributed by atoms with E-state index in [2.05, 4.69) is 10.4 Å². The molecule has 0 aliphatic heterocycles. The molecule has 1 amide bonds. The third-order valence-electron chi connectivity index (χ3n) is 3.05. The van der Waals surface area contributed by atoms with Crippen LogP contribution in [0.15, 0.2) is 49.1 Å². The van der Waals surface area contributed by atoms with Crippen molar-refractivity contribution >= 4 is 23.8 Å². The smallest absolute Gasteiger partial charge is 0.246 e. The highest BCUT2D eigenvalue weighted by atomic mass is 32.1. The molecule has 23 heavy (non-hydrogen) atoms. The van der Waals surface area contributed by atoms with Crippen molar-refractivity contribution < 1.29 is 13.6 Å². The van der Waals surface area contributed by atoms with Crippen LogP contribution in [0.4, 0.5) is 14.5 Å². The summed E-state index contributed by atoms with van der Waals surface area (Å²) in [5.41, 5.74) is -0.104. The average molecular weight is 335 g/mol. The minimum Gasteiger partial charge on any atom is -0.322 e. The van der Waals surface area contributed by atoms with E-state index in [1.54, 1.807) is 21.7 Å². The molecule has 0 bridgehead atoms. The predicted octanol–water partition coefficient (Wildman–Crippen LogP) is 2.44. The monoisotopic (exact) mass is 335 g/mol. The number of carbonyl (C=O) groups is 1. The van der Waals surface area contributed by atoms with Crippen molar-refractivity contribution in [1.29, 1.82) is 0 Å². The molecule has 0 atom stereocenters. The highest BCUT2D eigenvalue weighted by molar-refractivity contribution is 7.71. The fourth-order valence-corrected chi connectivity index (χ4v) is 2.23. The molecule has 0 unspecified atom stereocenters. The van der Waals surface area contributed by atoms with Crippen LogP contribution < -0.4 is 5.32 Å². The zero-order valence-corrected chi connectivity index (χ0v) is 12.5. The van der Waals surface area contributed by atoms with Gasteiger partial charge in [0.15, 0.2) is 0 Å². The van der Waals surface area contributed by atoms with Crippen LogP contribution in [-0.4, -0.2) is 25.0 Å². The number of halogens is 2. The molecule has 2 heterocycles. The first kappa shape index (κ1) is 15.1. The van der Waals surface area contributed by atoms with Crippen molar-refractivity contribution in [3.63, 3.8) is 0 Å². The van der Waals surface area contributed by atoms with Gasteiger partial charge in [-0.25, -0.2) is 18.1 Å². The van der Waals surface area contributed by atoms with E-state index >= 15 is 0 Å². The second-order valence-electron chi connectivity index (χ2n) is 4.65. The van der Waals surface area contributed by atoms with Gasteiger partial charge in [0.25, 0.3) is 0 Å². The minimum atomic E-state index is -0.847. The Morgan fingerprint density at radius 2 is 2.00 bits per heavy atom. The summed E-state index contributed by atoms with van der Waals surface area (Å²) in [7, 11) is 0. The van der Waals surface area contributed by atoms with Gasteiger partial charge < -0.3 is 5.32 Å². The van der Waals surface area contributed by atoms with Crippen LogP contribution in [0.2, 0.25) is 0 Å². The van der Waals surface area contributed by atoms with Gasteiger partial charge in [-0.1, -0.05) is 0 Å². The van der Waals surface area contributed by atoms with Crippen LogP contribution in [0.5, 0.6) is 0 Å². The lowest BCUT2D eigenvalue weighted by molar-refractivity contribution is -0.117. The van der Waals surface area contributed by atoms with Gasteiger partial charge in [0.05, 0.1) is 5.69 Å². The van der Waals surface area contributed by atoms with Crippen molar-refractivity contribution in [2.45, 2.75) is 6.54 Å². The maximum atomic E-state index is 13.5. The number of hydrogen-bond acceptors (Lipinski definition) is 3. The van der Waals surface area contributed by atoms with E-state index < -0.39 is 17.5 Å². The Kier molecular flexibility index (Phi) is 4.02. The summed E-state index contributed by atoms with van der Waals surface area (Å²) in [5.74, 6) is -2.09. The van der Waals surface area contributed by atoms with Gasteiger partial charge in [-0.05, 0) is 36.5 Å². The van der Waals surface area contributed by atoms with Gasteiger partial charge in [-0.2, -0.15) is 5.10 Å². The number of benzene rings is 1. The molecule has 3 aromatic rings. The number of hydrogen-bond donors (Lipinski definition) is 1. The van der Waals surface area contributed by atoms with Crippen LogP contribution in [0.3, 0.4) is 0 Å². The lowest BCUT2D eigenvalue weighted by Gasteiger charge is -2.06. The molecule has 9 heteroatoms. The van der Waals surface area contributed by atoms with Gasteiger partial charge in [-0.3, -0.25) is 9.47 Å². The first-order chi connectivity index (χ1) is 11.0. The van der Waals surface area contributed by atoms with E-state index in [-0.39, 0.29) is 12.2 Å². The zero-order valence-electron chi connectivity index (χ0n) is 11.7. The summed E-state index contributed by atoms with van der Waals surface area (Å²) in [6, 6.07) is 6.56. The van der Waals surface area contributed by atoms with Gasteiger partial charge >= 0.3 is 0 Å². The van der Waals surface area contributed by atoms with E-state index in [1.165, 1.54) is 11.0 Å². The molecule has 0 radical (unpaired) electrons. The number of nitrogens with one attached hydrogen (secondary N) is 1. The van der Waals surface area contributed by atoms with Gasteiger partial charge in [-0.15, -0.1) is 0 Å². The fourth-order valence-electron chi connectivity index (χ4n) is 1.98. The van der Waals surface area contributed by atoms with Crippen molar-refractivity contribution in [2.24, 2.45) is 0 Å². The van der Waals surface area contributed by atoms with E-state index in [9.17, 15) is 13.6 Å². The SMILES string of the molecule is O=C(Cn1ncn(-n2cccc2)c1=S)Nc1ccc(F)cc1F. The summed E-state index contributed by atoms with van der Waals surface area (Å²) in [5, 5.41) is 6.38. The van der Waals surface area contributed by atoms with Gasteiger partial charge in [0.2, 0.25) is 10.7 Å². The second kappa shape index (κ2) is 6.13. The highest BCUT2D eigenvalue weighted by Crippen LogP contribution is 2.14. The third kappa shape index (κ3) is 3.19. The largest absolute Gasteiger partial charge is 0.322 e. The number of aromatic nitrogens is 4. The molecule has 3 rings (SSSR count). The molecular weight excluding hydrogens is 324 g/mol. The lowest BCUT2D eigenvalue weighted by Crippen LogP contribution is -2.20. The molecule has 1 aromatic carbocycles. The molecule has 0 aliphatic rings. The maximum absolute atomic E-state index is 13.5. The normalized spacial score (nSPS) is 10.7. The third-order valence-corrected chi connectivity index (χ3v) is 3.45. The number of nitrogens with zero attached hydrogens (tertiary/aromatic N) is 4. The first-order valence-electron chi connectivity index (χ1n) is 6.57. The molecule has 0 aliphatic carbocycles. The van der Waals surface area contributed by atoms with Crippen molar-refractivity contribution in [3.05, 3.63) is 65.5 Å². The summed E-state index contributed by atoms with van der Waals surface area (Å²) in [4.78, 5) is 12.0. The van der Waals surface area contributed by atoms with Crippen LogP contribution in [-0.2, 0) is 11.3 Å². The molecular formula is C14H11F2N5OS. The molecule has 6 nitrogen and oxygen atoms in total. The molecule has 2 aromatic heterocycles. The molecule has 1 N–H and O–H groups in total. The Labute approximate surface area is 134 Å². The maximum Gasteiger partial charge on any atom is 0.246 e. The van der Waals surface area contributed by atoms with E-state index in [0.717, 1.165) is 12.1 Å². The van der Waals surface area contributed by atoms with Crippen LogP contribution in [0, 0.1) is 16.4 Å². The standard InChI is InChI=1S/C14H11F2N5OS/c15-10-3-4-12(11(16)7-10)18-13(22)8-20-14(23)21(9-17-20)19-5-1-2-6-19/h1-7,9H,8H2,(H,18,22). The summed E-state index contributed by atoms with van der Waals surface area (Å²) in [6.45, 7) is -0.191. The first-order valence-corrected chi connectivity index (χ1v) is 6.98. The minimum absolute atomic E-state index is 0.104. The van der Waals surface area contributed by atoms with E-state index in [1.807, 2.05) is 12.1 Å². The molecule has 0 spiro atoms. The number of carbonyl (C=O) groups excluding carboxylic acids is 1. The average Bonchev–Trinajstić information content (AvgIpc) is 3.13. The van der Waals surface area contributed by atoms with E-state index in [4.69, 9.17) is 12.2 Å². The number of rotatable bonds is 4. The number of anilines is 1. The van der Waals surface area contributed by atoms with Gasteiger partial charge in [0, 0.05) is 18.5 Å². The highest BCUT2D eigenvalue weighted by Gasteiger charge is 2.11. The Hall–Kier alpha value is -2.81. The topological polar surface area (TPSA) is 56.8 Å². The molecule has 0 saturated heterocycles. The van der Waals surface area contributed by atoms with Crippen LogP contribution in [0.1, 0.15) is 0 Å². The van der Waals surface area contributed by atoms with Crippen molar-refractivity contribution in [2.75, 3.05) is 5.32 Å². The quantitative estimate of drug-likeness (QED) is 0.745. The van der Waals surface area contributed by atoms with E-state index in [0.29, 0.717) is 10.8 Å². The number of amides is 1. The molecule has 0 saturated carbocycles.